The van der Waals surface area contributed by atoms with E-state index in [9.17, 15) is 8.42 Å². The van der Waals surface area contributed by atoms with Crippen LogP contribution in [0.3, 0.4) is 0 Å². The van der Waals surface area contributed by atoms with Gasteiger partial charge in [0.2, 0.25) is 0 Å². The number of hydrogen-bond donors (Lipinski definition) is 0. The monoisotopic (exact) mass is 271 g/mol. The van der Waals surface area contributed by atoms with Gasteiger partial charge in [-0.2, -0.15) is 5.26 Å². The Kier molecular flexibility index (Phi) is 3.27. The smallest absolute Gasteiger partial charge is 0.154 e. The molecule has 0 saturated carbocycles. The summed E-state index contributed by atoms with van der Waals surface area (Å²) in [6.07, 6.45) is 0.0743. The molecule has 0 radical (unpaired) electrons. The first kappa shape index (κ1) is 12.2. The van der Waals surface area contributed by atoms with Crippen molar-refractivity contribution >= 4 is 21.4 Å². The highest BCUT2D eigenvalue weighted by molar-refractivity contribution is 7.91. The van der Waals surface area contributed by atoms with Gasteiger partial charge < -0.3 is 4.74 Å². The minimum atomic E-state index is -2.99. The highest BCUT2D eigenvalue weighted by atomic mass is 35.5. The number of nitriles is 1. The molecule has 1 aromatic carbocycles. The summed E-state index contributed by atoms with van der Waals surface area (Å²) in [7, 11) is -2.99. The van der Waals surface area contributed by atoms with E-state index in [4.69, 9.17) is 21.6 Å². The average molecular weight is 272 g/mol. The molecule has 0 aromatic heterocycles. The van der Waals surface area contributed by atoms with Gasteiger partial charge in [0.05, 0.1) is 17.1 Å². The SMILES string of the molecule is N#Cc1ccc(Cl)cc1OC1CCS(=O)(=O)C1. The molecule has 17 heavy (non-hydrogen) atoms. The molecule has 4 nitrogen and oxygen atoms in total. The van der Waals surface area contributed by atoms with Gasteiger partial charge in [-0.1, -0.05) is 11.6 Å². The summed E-state index contributed by atoms with van der Waals surface area (Å²) in [6.45, 7) is 0. The normalized spacial score (nSPS) is 22.0. The summed E-state index contributed by atoms with van der Waals surface area (Å²) < 4.78 is 28.1. The van der Waals surface area contributed by atoms with Crippen LogP contribution in [-0.2, 0) is 9.84 Å². The minimum absolute atomic E-state index is 0.00435. The Balaban J connectivity index is 2.20. The van der Waals surface area contributed by atoms with Gasteiger partial charge in [0, 0.05) is 11.1 Å². The standard InChI is InChI=1S/C11H10ClNO3S/c12-9-2-1-8(6-13)11(5-9)16-10-3-4-17(14,15)7-10/h1-2,5,10H,3-4,7H2. The maximum atomic E-state index is 11.3. The van der Waals surface area contributed by atoms with Crippen molar-refractivity contribution in [2.24, 2.45) is 0 Å². The number of sulfone groups is 1. The molecule has 0 bridgehead atoms. The lowest BCUT2D eigenvalue weighted by molar-refractivity contribution is 0.228. The summed E-state index contributed by atoms with van der Waals surface area (Å²) in [4.78, 5) is 0. The van der Waals surface area contributed by atoms with Crippen LogP contribution in [0.1, 0.15) is 12.0 Å². The number of halogens is 1. The average Bonchev–Trinajstić information content (AvgIpc) is 2.58. The van der Waals surface area contributed by atoms with Crippen molar-refractivity contribution in [3.05, 3.63) is 28.8 Å². The molecular formula is C11H10ClNO3S. The molecular weight excluding hydrogens is 262 g/mol. The molecule has 90 valence electrons. The number of benzene rings is 1. The third-order valence-corrected chi connectivity index (χ3v) is 4.52. The Hall–Kier alpha value is -1.25. The van der Waals surface area contributed by atoms with Gasteiger partial charge in [-0.05, 0) is 18.6 Å². The van der Waals surface area contributed by atoms with Gasteiger partial charge in [0.1, 0.15) is 17.9 Å². The van der Waals surface area contributed by atoms with Gasteiger partial charge in [0.25, 0.3) is 0 Å². The fourth-order valence-electron chi connectivity index (χ4n) is 1.72. The molecule has 1 unspecified atom stereocenters. The van der Waals surface area contributed by atoms with Gasteiger partial charge in [-0.25, -0.2) is 8.42 Å². The maximum absolute atomic E-state index is 11.3. The van der Waals surface area contributed by atoms with Crippen LogP contribution in [-0.4, -0.2) is 26.0 Å². The second-order valence-electron chi connectivity index (χ2n) is 3.90. The number of nitrogens with zero attached hydrogens (tertiary/aromatic N) is 1. The lowest BCUT2D eigenvalue weighted by Crippen LogP contribution is -2.18. The van der Waals surface area contributed by atoms with E-state index < -0.39 is 9.84 Å². The third-order valence-electron chi connectivity index (χ3n) is 2.55. The minimum Gasteiger partial charge on any atom is -0.488 e. The van der Waals surface area contributed by atoms with Crippen molar-refractivity contribution in [1.82, 2.24) is 0 Å². The number of rotatable bonds is 2. The van der Waals surface area contributed by atoms with E-state index in [1.165, 1.54) is 6.07 Å². The first-order valence-electron chi connectivity index (χ1n) is 5.07. The Labute approximate surface area is 105 Å². The molecule has 0 spiro atoms. The summed E-state index contributed by atoms with van der Waals surface area (Å²) in [5, 5.41) is 9.35. The zero-order valence-corrected chi connectivity index (χ0v) is 10.5. The lowest BCUT2D eigenvalue weighted by Gasteiger charge is -2.13. The first-order valence-corrected chi connectivity index (χ1v) is 7.27. The van der Waals surface area contributed by atoms with Crippen LogP contribution in [0.15, 0.2) is 18.2 Å². The Morgan fingerprint density at radius 3 is 2.82 bits per heavy atom. The summed E-state index contributed by atoms with van der Waals surface area (Å²) >= 11 is 5.81. The molecule has 1 aliphatic rings. The third kappa shape index (κ3) is 2.90. The molecule has 2 rings (SSSR count). The molecule has 1 aromatic rings. The zero-order chi connectivity index (χ0) is 12.5. The molecule has 0 amide bonds. The topological polar surface area (TPSA) is 67.2 Å². The van der Waals surface area contributed by atoms with Crippen molar-refractivity contribution in [2.45, 2.75) is 12.5 Å². The Morgan fingerprint density at radius 1 is 1.47 bits per heavy atom. The summed E-state index contributed by atoms with van der Waals surface area (Å²) in [5.41, 5.74) is 0.360. The molecule has 6 heteroatoms. The van der Waals surface area contributed by atoms with Gasteiger partial charge in [0.15, 0.2) is 9.84 Å². The second-order valence-corrected chi connectivity index (χ2v) is 6.56. The van der Waals surface area contributed by atoms with E-state index in [0.717, 1.165) is 0 Å². The lowest BCUT2D eigenvalue weighted by atomic mass is 10.2. The van der Waals surface area contributed by atoms with Crippen molar-refractivity contribution in [3.63, 3.8) is 0 Å². The van der Waals surface area contributed by atoms with Crippen molar-refractivity contribution in [1.29, 1.82) is 5.26 Å². The van der Waals surface area contributed by atoms with Crippen molar-refractivity contribution in [3.8, 4) is 11.8 Å². The van der Waals surface area contributed by atoms with Crippen LogP contribution in [0.2, 0.25) is 5.02 Å². The largest absolute Gasteiger partial charge is 0.488 e. The van der Waals surface area contributed by atoms with E-state index in [2.05, 4.69) is 0 Å². The van der Waals surface area contributed by atoms with Gasteiger partial charge >= 0.3 is 0 Å². The maximum Gasteiger partial charge on any atom is 0.154 e. The molecule has 0 aliphatic carbocycles. The van der Waals surface area contributed by atoms with Crippen LogP contribution in [0.5, 0.6) is 5.75 Å². The Morgan fingerprint density at radius 2 is 2.24 bits per heavy atom. The van der Waals surface area contributed by atoms with Crippen molar-refractivity contribution < 1.29 is 13.2 Å². The molecule has 0 N–H and O–H groups in total. The van der Waals surface area contributed by atoms with Crippen LogP contribution in [0.4, 0.5) is 0 Å². The van der Waals surface area contributed by atoms with Gasteiger partial charge in [-0.3, -0.25) is 0 Å². The predicted molar refractivity (Wildman–Crippen MR) is 63.9 cm³/mol. The molecule has 1 heterocycles. The quantitative estimate of drug-likeness (QED) is 0.822. The predicted octanol–water partition coefficient (Wildman–Crippen LogP) is 1.78. The summed E-state index contributed by atoms with van der Waals surface area (Å²) in [5.74, 6) is 0.493. The van der Waals surface area contributed by atoms with E-state index in [1.54, 1.807) is 12.1 Å². The molecule has 1 atom stereocenters. The van der Waals surface area contributed by atoms with Gasteiger partial charge in [-0.15, -0.1) is 0 Å². The first-order chi connectivity index (χ1) is 8.00. The van der Waals surface area contributed by atoms with Crippen LogP contribution in [0, 0.1) is 11.3 Å². The fourth-order valence-corrected chi connectivity index (χ4v) is 3.47. The van der Waals surface area contributed by atoms with E-state index in [1.807, 2.05) is 6.07 Å². The fraction of sp³-hybridized carbons (Fsp3) is 0.364. The van der Waals surface area contributed by atoms with E-state index in [0.29, 0.717) is 22.8 Å². The number of hydrogen-bond acceptors (Lipinski definition) is 4. The van der Waals surface area contributed by atoms with E-state index in [-0.39, 0.29) is 17.6 Å². The van der Waals surface area contributed by atoms with Crippen LogP contribution in [0.25, 0.3) is 0 Å². The van der Waals surface area contributed by atoms with Crippen LogP contribution >= 0.6 is 11.6 Å². The Bertz CT molecular complexity index is 577. The zero-order valence-electron chi connectivity index (χ0n) is 8.89. The second kappa shape index (κ2) is 4.55. The number of ether oxygens (including phenoxy) is 1. The van der Waals surface area contributed by atoms with Crippen LogP contribution < -0.4 is 4.74 Å². The van der Waals surface area contributed by atoms with Crippen molar-refractivity contribution in [2.75, 3.05) is 11.5 Å². The van der Waals surface area contributed by atoms with E-state index >= 15 is 0 Å². The highest BCUT2D eigenvalue weighted by Crippen LogP contribution is 2.26. The molecule has 1 aliphatic heterocycles. The summed E-state index contributed by atoms with van der Waals surface area (Å²) in [6, 6.07) is 6.67. The highest BCUT2D eigenvalue weighted by Gasteiger charge is 2.29. The molecule has 1 fully saturated rings. The molecule has 1 saturated heterocycles.